The lowest BCUT2D eigenvalue weighted by Gasteiger charge is -2.01. The van der Waals surface area contributed by atoms with Crippen molar-refractivity contribution in [3.8, 4) is 10.4 Å². The molecule has 0 saturated heterocycles. The Kier molecular flexibility index (Phi) is 3.49. The van der Waals surface area contributed by atoms with Gasteiger partial charge < -0.3 is 4.74 Å². The number of aromatic nitrogens is 2. The van der Waals surface area contributed by atoms with Crippen molar-refractivity contribution >= 4 is 17.3 Å². The third-order valence-corrected chi connectivity index (χ3v) is 3.17. The molecule has 0 aliphatic rings. The van der Waals surface area contributed by atoms with E-state index < -0.39 is 0 Å². The molecule has 88 valence electrons. The Balaban J connectivity index is 2.44. The van der Waals surface area contributed by atoms with E-state index >= 15 is 0 Å². The predicted molar refractivity (Wildman–Crippen MR) is 66.0 cm³/mol. The first-order valence-corrected chi connectivity index (χ1v) is 6.09. The van der Waals surface area contributed by atoms with E-state index in [0.717, 1.165) is 15.4 Å². The Bertz CT molecular complexity index is 523. The Hall–Kier alpha value is -1.75. The molecule has 5 heteroatoms. The second kappa shape index (κ2) is 5.05. The molecule has 0 aromatic carbocycles. The largest absolute Gasteiger partial charge is 0.461 e. The molecule has 0 N–H and O–H groups in total. The van der Waals surface area contributed by atoms with Crippen molar-refractivity contribution in [2.45, 2.75) is 13.8 Å². The normalized spacial score (nSPS) is 10.2. The molecule has 0 unspecified atom stereocenters. The van der Waals surface area contributed by atoms with Crippen molar-refractivity contribution in [3.05, 3.63) is 35.2 Å². The van der Waals surface area contributed by atoms with Gasteiger partial charge in [0.2, 0.25) is 0 Å². The zero-order valence-corrected chi connectivity index (χ0v) is 10.5. The van der Waals surface area contributed by atoms with Gasteiger partial charge in [0, 0.05) is 12.4 Å². The maximum absolute atomic E-state index is 11.8. The van der Waals surface area contributed by atoms with Crippen molar-refractivity contribution in [3.63, 3.8) is 0 Å². The van der Waals surface area contributed by atoms with Gasteiger partial charge in [0.1, 0.15) is 0 Å². The van der Waals surface area contributed by atoms with E-state index in [9.17, 15) is 4.79 Å². The number of rotatable bonds is 3. The van der Waals surface area contributed by atoms with Crippen molar-refractivity contribution < 1.29 is 9.53 Å². The van der Waals surface area contributed by atoms with Crippen LogP contribution in [0, 0.1) is 6.92 Å². The van der Waals surface area contributed by atoms with Crippen LogP contribution in [-0.4, -0.2) is 22.5 Å². The van der Waals surface area contributed by atoms with Crippen LogP contribution in [-0.2, 0) is 4.74 Å². The summed E-state index contributed by atoms with van der Waals surface area (Å²) in [6.45, 7) is 4.01. The molecule has 0 atom stereocenters. The number of aryl methyl sites for hydroxylation is 1. The monoisotopic (exact) mass is 248 g/mol. The molecule has 2 rings (SSSR count). The quantitative estimate of drug-likeness (QED) is 0.784. The molecule has 17 heavy (non-hydrogen) atoms. The fourth-order valence-electron chi connectivity index (χ4n) is 1.46. The highest BCUT2D eigenvalue weighted by atomic mass is 32.1. The average Bonchev–Trinajstić information content (AvgIpc) is 2.73. The van der Waals surface area contributed by atoms with Gasteiger partial charge in [-0.3, -0.25) is 4.98 Å². The summed E-state index contributed by atoms with van der Waals surface area (Å²) in [6.07, 6.45) is 3.39. The number of hydrogen-bond donors (Lipinski definition) is 0. The molecular formula is C12H12N2O2S. The van der Waals surface area contributed by atoms with Crippen LogP contribution in [0.2, 0.25) is 0 Å². The highest BCUT2D eigenvalue weighted by Gasteiger charge is 2.18. The van der Waals surface area contributed by atoms with Gasteiger partial charge in [-0.2, -0.15) is 0 Å². The molecule has 2 aromatic rings. The SMILES string of the molecule is CCOC(=O)c1nc(C)sc1-c1ccncc1. The minimum absolute atomic E-state index is 0.352. The maximum Gasteiger partial charge on any atom is 0.358 e. The number of carbonyl (C=O) groups excluding carboxylic acids is 1. The number of hydrogen-bond acceptors (Lipinski definition) is 5. The highest BCUT2D eigenvalue weighted by Crippen LogP contribution is 2.30. The Morgan fingerprint density at radius 2 is 2.12 bits per heavy atom. The molecule has 0 amide bonds. The lowest BCUT2D eigenvalue weighted by Crippen LogP contribution is -2.06. The average molecular weight is 248 g/mol. The van der Waals surface area contributed by atoms with Crippen molar-refractivity contribution in [1.29, 1.82) is 0 Å². The van der Waals surface area contributed by atoms with Crippen molar-refractivity contribution in [2.24, 2.45) is 0 Å². The Morgan fingerprint density at radius 1 is 1.41 bits per heavy atom. The molecule has 0 radical (unpaired) electrons. The van der Waals surface area contributed by atoms with Gasteiger partial charge in [-0.1, -0.05) is 0 Å². The minimum Gasteiger partial charge on any atom is -0.461 e. The van der Waals surface area contributed by atoms with Gasteiger partial charge in [-0.25, -0.2) is 9.78 Å². The summed E-state index contributed by atoms with van der Waals surface area (Å²) in [4.78, 5) is 20.8. The first-order valence-electron chi connectivity index (χ1n) is 5.27. The number of pyridine rings is 1. The second-order valence-corrected chi connectivity index (χ2v) is 4.57. The molecule has 0 bridgehead atoms. The maximum atomic E-state index is 11.8. The molecule has 0 aliphatic carbocycles. The van der Waals surface area contributed by atoms with Crippen LogP contribution in [0.4, 0.5) is 0 Å². The fourth-order valence-corrected chi connectivity index (χ4v) is 2.38. The van der Waals surface area contributed by atoms with Gasteiger partial charge in [0.15, 0.2) is 5.69 Å². The minimum atomic E-state index is -0.372. The zero-order valence-electron chi connectivity index (χ0n) is 9.64. The molecule has 0 fully saturated rings. The number of carbonyl (C=O) groups is 1. The summed E-state index contributed by atoms with van der Waals surface area (Å²) >= 11 is 1.48. The summed E-state index contributed by atoms with van der Waals surface area (Å²) in [5, 5.41) is 0.847. The number of ether oxygens (including phenoxy) is 1. The van der Waals surface area contributed by atoms with Gasteiger partial charge in [0.25, 0.3) is 0 Å². The molecule has 2 heterocycles. The van der Waals surface area contributed by atoms with Crippen LogP contribution in [0.25, 0.3) is 10.4 Å². The summed E-state index contributed by atoms with van der Waals surface area (Å²) in [6, 6.07) is 3.71. The van der Waals surface area contributed by atoms with E-state index in [4.69, 9.17) is 4.74 Å². The van der Waals surface area contributed by atoms with Gasteiger partial charge in [-0.05, 0) is 31.5 Å². The third-order valence-electron chi connectivity index (χ3n) is 2.15. The second-order valence-electron chi connectivity index (χ2n) is 3.37. The van der Waals surface area contributed by atoms with Gasteiger partial charge >= 0.3 is 5.97 Å². The van der Waals surface area contributed by atoms with Crippen LogP contribution in [0.1, 0.15) is 22.4 Å². The smallest absolute Gasteiger partial charge is 0.358 e. The fraction of sp³-hybridized carbons (Fsp3) is 0.250. The highest BCUT2D eigenvalue weighted by molar-refractivity contribution is 7.15. The number of thiazole rings is 1. The third kappa shape index (κ3) is 2.50. The van der Waals surface area contributed by atoms with Gasteiger partial charge in [0.05, 0.1) is 16.5 Å². The number of esters is 1. The molecule has 0 saturated carbocycles. The first kappa shape index (κ1) is 11.7. The van der Waals surface area contributed by atoms with E-state index in [1.165, 1.54) is 11.3 Å². The molecule has 0 aliphatic heterocycles. The van der Waals surface area contributed by atoms with Crippen LogP contribution >= 0.6 is 11.3 Å². The standard InChI is InChI=1S/C12H12N2O2S/c1-3-16-12(15)10-11(17-8(2)14-10)9-4-6-13-7-5-9/h4-7H,3H2,1-2H3. The lowest BCUT2D eigenvalue weighted by atomic mass is 10.2. The van der Waals surface area contributed by atoms with Crippen LogP contribution in [0.3, 0.4) is 0 Å². The zero-order chi connectivity index (χ0) is 12.3. The van der Waals surface area contributed by atoms with E-state index in [1.54, 1.807) is 19.3 Å². The summed E-state index contributed by atoms with van der Waals surface area (Å²) in [5.41, 5.74) is 1.33. The molecular weight excluding hydrogens is 236 g/mol. The van der Waals surface area contributed by atoms with E-state index in [-0.39, 0.29) is 5.97 Å². The van der Waals surface area contributed by atoms with Crippen LogP contribution in [0.15, 0.2) is 24.5 Å². The Labute approximate surface area is 103 Å². The van der Waals surface area contributed by atoms with Crippen molar-refractivity contribution in [1.82, 2.24) is 9.97 Å². The summed E-state index contributed by atoms with van der Waals surface area (Å²) in [7, 11) is 0. The summed E-state index contributed by atoms with van der Waals surface area (Å²) < 4.78 is 4.99. The molecule has 4 nitrogen and oxygen atoms in total. The molecule has 2 aromatic heterocycles. The van der Waals surface area contributed by atoms with E-state index in [0.29, 0.717) is 12.3 Å². The van der Waals surface area contributed by atoms with E-state index in [2.05, 4.69) is 9.97 Å². The topological polar surface area (TPSA) is 52.1 Å². The molecule has 0 spiro atoms. The first-order chi connectivity index (χ1) is 8.22. The number of nitrogens with zero attached hydrogens (tertiary/aromatic N) is 2. The predicted octanol–water partition coefficient (Wildman–Crippen LogP) is 2.69. The van der Waals surface area contributed by atoms with Crippen LogP contribution in [0.5, 0.6) is 0 Å². The van der Waals surface area contributed by atoms with Crippen LogP contribution < -0.4 is 0 Å². The van der Waals surface area contributed by atoms with E-state index in [1.807, 2.05) is 19.1 Å². The lowest BCUT2D eigenvalue weighted by molar-refractivity contribution is 0.0521. The van der Waals surface area contributed by atoms with Crippen molar-refractivity contribution in [2.75, 3.05) is 6.61 Å². The Morgan fingerprint density at radius 3 is 2.76 bits per heavy atom. The van der Waals surface area contributed by atoms with Gasteiger partial charge in [-0.15, -0.1) is 11.3 Å². The summed E-state index contributed by atoms with van der Waals surface area (Å²) in [5.74, 6) is -0.372.